The minimum atomic E-state index is -0.249. The van der Waals surface area contributed by atoms with Gasteiger partial charge in [-0.1, -0.05) is 13.8 Å². The molecule has 1 atom stereocenters. The molecule has 0 spiro atoms. The number of pyridine rings is 1. The molecule has 1 aromatic heterocycles. The highest BCUT2D eigenvalue weighted by Gasteiger charge is 2.32. The molecule has 82 valence electrons. The molecule has 1 aliphatic carbocycles. The Labute approximate surface area is 89.7 Å². The predicted octanol–water partition coefficient (Wildman–Crippen LogP) is 2.75. The number of nitrogens with zero attached hydrogens (tertiary/aromatic N) is 1. The predicted molar refractivity (Wildman–Crippen MR) is 57.9 cm³/mol. The summed E-state index contributed by atoms with van der Waals surface area (Å²) in [6.45, 7) is 4.05. The lowest BCUT2D eigenvalue weighted by Gasteiger charge is -2.12. The number of aromatic nitrogens is 1. The maximum atomic E-state index is 13.7. The molecule has 1 heterocycles. The van der Waals surface area contributed by atoms with E-state index in [9.17, 15) is 4.39 Å². The number of nitrogens with two attached hydrogens (primary N) is 1. The first-order valence-electron chi connectivity index (χ1n) is 5.50. The number of rotatable bonds is 3. The van der Waals surface area contributed by atoms with Crippen LogP contribution in [0.2, 0.25) is 0 Å². The van der Waals surface area contributed by atoms with E-state index in [1.165, 1.54) is 0 Å². The van der Waals surface area contributed by atoms with Crippen LogP contribution in [0.4, 0.5) is 4.39 Å². The van der Waals surface area contributed by atoms with E-state index in [0.29, 0.717) is 17.5 Å². The summed E-state index contributed by atoms with van der Waals surface area (Å²) in [7, 11) is 0. The summed E-state index contributed by atoms with van der Waals surface area (Å²) in [6, 6.07) is 1.35. The van der Waals surface area contributed by atoms with Gasteiger partial charge in [0.05, 0.1) is 11.7 Å². The molecule has 2 N–H and O–H groups in total. The second kappa shape index (κ2) is 3.89. The first-order chi connectivity index (χ1) is 7.09. The molecule has 0 amide bonds. The van der Waals surface area contributed by atoms with Crippen molar-refractivity contribution < 1.29 is 4.39 Å². The number of hydrogen-bond acceptors (Lipinski definition) is 2. The Balaban J connectivity index is 2.25. The summed E-state index contributed by atoms with van der Waals surface area (Å²) >= 11 is 0. The molecule has 0 aliphatic heterocycles. The van der Waals surface area contributed by atoms with Gasteiger partial charge in [0.2, 0.25) is 0 Å². The smallest absolute Gasteiger partial charge is 0.146 e. The average Bonchev–Trinajstić information content (AvgIpc) is 2.99. The van der Waals surface area contributed by atoms with E-state index < -0.39 is 0 Å². The van der Waals surface area contributed by atoms with Gasteiger partial charge in [0.25, 0.3) is 0 Å². The van der Waals surface area contributed by atoms with E-state index >= 15 is 0 Å². The van der Waals surface area contributed by atoms with Crippen LogP contribution < -0.4 is 5.73 Å². The van der Waals surface area contributed by atoms with E-state index in [0.717, 1.165) is 18.4 Å². The Bertz CT molecular complexity index is 359. The van der Waals surface area contributed by atoms with E-state index in [4.69, 9.17) is 5.73 Å². The molecule has 1 fully saturated rings. The third-order valence-corrected chi connectivity index (χ3v) is 3.00. The van der Waals surface area contributed by atoms with E-state index in [1.807, 2.05) is 13.8 Å². The normalized spacial score (nSPS) is 18.2. The van der Waals surface area contributed by atoms with Crippen molar-refractivity contribution in [2.75, 3.05) is 0 Å². The Morgan fingerprint density at radius 3 is 2.60 bits per heavy atom. The monoisotopic (exact) mass is 208 g/mol. The average molecular weight is 208 g/mol. The fourth-order valence-corrected chi connectivity index (χ4v) is 1.70. The molecule has 0 saturated heterocycles. The molecule has 2 nitrogen and oxygen atoms in total. The maximum Gasteiger partial charge on any atom is 0.146 e. The van der Waals surface area contributed by atoms with Crippen LogP contribution in [0.25, 0.3) is 0 Å². The summed E-state index contributed by atoms with van der Waals surface area (Å²) < 4.78 is 13.7. The SMILES string of the molecule is CC(C)c1cnc(C(N)C2CC2)c(F)c1. The topological polar surface area (TPSA) is 38.9 Å². The molecule has 0 radical (unpaired) electrons. The van der Waals surface area contributed by atoms with Gasteiger partial charge in [-0.05, 0) is 36.3 Å². The van der Waals surface area contributed by atoms with Crippen LogP contribution in [-0.2, 0) is 0 Å². The number of halogens is 1. The summed E-state index contributed by atoms with van der Waals surface area (Å²) in [5.41, 5.74) is 7.29. The van der Waals surface area contributed by atoms with Gasteiger partial charge in [0.1, 0.15) is 5.82 Å². The lowest BCUT2D eigenvalue weighted by molar-refractivity contribution is 0.533. The fourth-order valence-electron chi connectivity index (χ4n) is 1.70. The summed E-state index contributed by atoms with van der Waals surface area (Å²) in [5, 5.41) is 0. The van der Waals surface area contributed by atoms with Crippen LogP contribution in [0, 0.1) is 11.7 Å². The van der Waals surface area contributed by atoms with Crippen LogP contribution in [0.15, 0.2) is 12.3 Å². The minimum absolute atomic E-state index is 0.216. The highest BCUT2D eigenvalue weighted by atomic mass is 19.1. The Morgan fingerprint density at radius 2 is 2.13 bits per heavy atom. The zero-order valence-electron chi connectivity index (χ0n) is 9.20. The highest BCUT2D eigenvalue weighted by Crippen LogP contribution is 2.39. The first-order valence-corrected chi connectivity index (χ1v) is 5.50. The van der Waals surface area contributed by atoms with Gasteiger partial charge in [-0.3, -0.25) is 4.98 Å². The van der Waals surface area contributed by atoms with Crippen molar-refractivity contribution in [3.8, 4) is 0 Å². The molecule has 1 aromatic rings. The summed E-state index contributed by atoms with van der Waals surface area (Å²) in [4.78, 5) is 4.16. The largest absolute Gasteiger partial charge is 0.322 e. The van der Waals surface area contributed by atoms with Crippen LogP contribution in [0.3, 0.4) is 0 Å². The van der Waals surface area contributed by atoms with Crippen molar-refractivity contribution in [3.63, 3.8) is 0 Å². The van der Waals surface area contributed by atoms with Gasteiger partial charge in [-0.2, -0.15) is 0 Å². The van der Waals surface area contributed by atoms with Gasteiger partial charge in [-0.25, -0.2) is 4.39 Å². The lowest BCUT2D eigenvalue weighted by atomic mass is 10.0. The third kappa shape index (κ3) is 2.17. The molecule has 2 rings (SSSR count). The van der Waals surface area contributed by atoms with Crippen molar-refractivity contribution >= 4 is 0 Å². The molecule has 3 heteroatoms. The van der Waals surface area contributed by atoms with Gasteiger partial charge in [-0.15, -0.1) is 0 Å². The molecule has 1 aliphatic rings. The van der Waals surface area contributed by atoms with Crippen LogP contribution in [-0.4, -0.2) is 4.98 Å². The standard InChI is InChI=1S/C12H17FN2/c1-7(2)9-5-10(13)12(15-6-9)11(14)8-3-4-8/h5-8,11H,3-4,14H2,1-2H3. The van der Waals surface area contributed by atoms with E-state index in [-0.39, 0.29) is 11.9 Å². The zero-order chi connectivity index (χ0) is 11.0. The second-order valence-corrected chi connectivity index (χ2v) is 4.65. The van der Waals surface area contributed by atoms with Crippen molar-refractivity contribution in [2.24, 2.45) is 11.7 Å². The molecular formula is C12H17FN2. The van der Waals surface area contributed by atoms with Crippen LogP contribution in [0.5, 0.6) is 0 Å². The Morgan fingerprint density at radius 1 is 1.47 bits per heavy atom. The molecule has 1 unspecified atom stereocenters. The van der Waals surface area contributed by atoms with Crippen molar-refractivity contribution in [2.45, 2.75) is 38.6 Å². The molecular weight excluding hydrogens is 191 g/mol. The Hall–Kier alpha value is -0.960. The van der Waals surface area contributed by atoms with Crippen molar-refractivity contribution in [3.05, 3.63) is 29.3 Å². The zero-order valence-corrected chi connectivity index (χ0v) is 9.20. The second-order valence-electron chi connectivity index (χ2n) is 4.65. The van der Waals surface area contributed by atoms with E-state index in [2.05, 4.69) is 4.98 Å². The molecule has 0 aromatic carbocycles. The van der Waals surface area contributed by atoms with Gasteiger partial charge < -0.3 is 5.73 Å². The fraction of sp³-hybridized carbons (Fsp3) is 0.583. The Kier molecular flexibility index (Phi) is 2.74. The van der Waals surface area contributed by atoms with E-state index in [1.54, 1.807) is 12.3 Å². The maximum absolute atomic E-state index is 13.7. The van der Waals surface area contributed by atoms with Crippen LogP contribution >= 0.6 is 0 Å². The third-order valence-electron chi connectivity index (χ3n) is 3.00. The molecule has 15 heavy (non-hydrogen) atoms. The summed E-state index contributed by atoms with van der Waals surface area (Å²) in [5.74, 6) is 0.496. The summed E-state index contributed by atoms with van der Waals surface area (Å²) in [6.07, 6.45) is 3.95. The van der Waals surface area contributed by atoms with Crippen molar-refractivity contribution in [1.29, 1.82) is 0 Å². The van der Waals surface area contributed by atoms with Crippen LogP contribution in [0.1, 0.15) is 49.9 Å². The van der Waals surface area contributed by atoms with Gasteiger partial charge in [0.15, 0.2) is 0 Å². The lowest BCUT2D eigenvalue weighted by Crippen LogP contribution is -2.16. The van der Waals surface area contributed by atoms with Crippen molar-refractivity contribution in [1.82, 2.24) is 4.98 Å². The highest BCUT2D eigenvalue weighted by molar-refractivity contribution is 5.22. The molecule has 1 saturated carbocycles. The molecule has 0 bridgehead atoms. The number of hydrogen-bond donors (Lipinski definition) is 1. The van der Waals surface area contributed by atoms with Gasteiger partial charge >= 0.3 is 0 Å². The first kappa shape index (κ1) is 10.6. The minimum Gasteiger partial charge on any atom is -0.322 e. The quantitative estimate of drug-likeness (QED) is 0.829. The van der Waals surface area contributed by atoms with Gasteiger partial charge in [0, 0.05) is 6.20 Å².